The molecule has 118 valence electrons. The van der Waals surface area contributed by atoms with Crippen LogP contribution >= 0.6 is 0 Å². The number of carbonyl (C=O) groups is 1. The predicted molar refractivity (Wildman–Crippen MR) is 62.2 cm³/mol. The second kappa shape index (κ2) is 6.57. The van der Waals surface area contributed by atoms with E-state index >= 15 is 0 Å². The number of urea groups is 1. The Kier molecular flexibility index (Phi) is 5.30. The van der Waals surface area contributed by atoms with E-state index in [9.17, 15) is 26.7 Å². The molecule has 1 rings (SSSR count). The minimum Gasteiger partial charge on any atom is -0.406 e. The second-order valence-electron chi connectivity index (χ2n) is 3.89. The summed E-state index contributed by atoms with van der Waals surface area (Å²) in [7, 11) is 0. The number of anilines is 1. The third-order valence-corrected chi connectivity index (χ3v) is 2.08. The van der Waals surface area contributed by atoms with Crippen LogP contribution in [0, 0.1) is 0 Å². The van der Waals surface area contributed by atoms with Crippen molar-refractivity contribution in [3.8, 4) is 5.75 Å². The van der Waals surface area contributed by atoms with E-state index in [-0.39, 0.29) is 5.69 Å². The zero-order valence-electron chi connectivity index (χ0n) is 10.4. The summed E-state index contributed by atoms with van der Waals surface area (Å²) in [5, 5.41) is 12.2. The SMILES string of the molecule is O=C(NCC(F)(F)CO)Nc1ccc(OC(F)(F)F)cc1. The van der Waals surface area contributed by atoms with Crippen LogP contribution in [0.25, 0.3) is 0 Å². The zero-order chi connectivity index (χ0) is 16.1. The lowest BCUT2D eigenvalue weighted by Gasteiger charge is -2.14. The molecular formula is C11H11F5N2O3. The molecule has 0 radical (unpaired) electrons. The van der Waals surface area contributed by atoms with Crippen molar-refractivity contribution in [2.24, 2.45) is 0 Å². The topological polar surface area (TPSA) is 70.6 Å². The molecule has 0 aromatic heterocycles. The Hall–Kier alpha value is -2.10. The number of amides is 2. The van der Waals surface area contributed by atoms with Crippen LogP contribution < -0.4 is 15.4 Å². The third-order valence-electron chi connectivity index (χ3n) is 2.08. The largest absolute Gasteiger partial charge is 0.573 e. The van der Waals surface area contributed by atoms with Crippen LogP contribution in [-0.2, 0) is 0 Å². The lowest BCUT2D eigenvalue weighted by Crippen LogP contribution is -2.40. The number of aliphatic hydroxyl groups is 1. The van der Waals surface area contributed by atoms with Crippen LogP contribution in [0.1, 0.15) is 0 Å². The van der Waals surface area contributed by atoms with Gasteiger partial charge in [-0.3, -0.25) is 0 Å². The minimum atomic E-state index is -4.83. The maximum atomic E-state index is 12.6. The summed E-state index contributed by atoms with van der Waals surface area (Å²) >= 11 is 0. The quantitative estimate of drug-likeness (QED) is 0.731. The molecule has 0 saturated carbocycles. The number of ether oxygens (including phenoxy) is 1. The first-order valence-electron chi connectivity index (χ1n) is 5.51. The van der Waals surface area contributed by atoms with Crippen LogP contribution in [0.15, 0.2) is 24.3 Å². The first kappa shape index (κ1) is 17.0. The fraction of sp³-hybridized carbons (Fsp3) is 0.364. The van der Waals surface area contributed by atoms with E-state index in [0.29, 0.717) is 0 Å². The summed E-state index contributed by atoms with van der Waals surface area (Å²) in [6.07, 6.45) is -4.83. The number of carbonyl (C=O) groups excluding carboxylic acids is 1. The summed E-state index contributed by atoms with van der Waals surface area (Å²) in [5.74, 6) is -3.94. The molecule has 0 aliphatic rings. The Morgan fingerprint density at radius 2 is 1.71 bits per heavy atom. The van der Waals surface area contributed by atoms with E-state index in [2.05, 4.69) is 10.1 Å². The summed E-state index contributed by atoms with van der Waals surface area (Å²) in [5.41, 5.74) is 0.0781. The van der Waals surface area contributed by atoms with E-state index in [0.717, 1.165) is 24.3 Å². The Morgan fingerprint density at radius 1 is 1.14 bits per heavy atom. The van der Waals surface area contributed by atoms with Gasteiger partial charge in [-0.05, 0) is 24.3 Å². The molecular weight excluding hydrogens is 303 g/mol. The van der Waals surface area contributed by atoms with Gasteiger partial charge in [0.1, 0.15) is 12.4 Å². The van der Waals surface area contributed by atoms with Gasteiger partial charge in [0, 0.05) is 5.69 Å². The Balaban J connectivity index is 2.50. The maximum Gasteiger partial charge on any atom is 0.573 e. The smallest absolute Gasteiger partial charge is 0.406 e. The van der Waals surface area contributed by atoms with Gasteiger partial charge in [0.2, 0.25) is 0 Å². The van der Waals surface area contributed by atoms with Crippen molar-refractivity contribution >= 4 is 11.7 Å². The first-order chi connectivity index (χ1) is 9.61. The zero-order valence-corrected chi connectivity index (χ0v) is 10.4. The number of benzene rings is 1. The molecule has 5 nitrogen and oxygen atoms in total. The summed E-state index contributed by atoms with van der Waals surface area (Å²) in [6.45, 7) is -2.50. The number of nitrogens with one attached hydrogen (secondary N) is 2. The highest BCUT2D eigenvalue weighted by molar-refractivity contribution is 5.89. The molecule has 0 fully saturated rings. The van der Waals surface area contributed by atoms with Gasteiger partial charge in [0.15, 0.2) is 0 Å². The molecule has 0 unspecified atom stereocenters. The third kappa shape index (κ3) is 6.75. The molecule has 1 aromatic carbocycles. The Bertz CT molecular complexity index is 476. The summed E-state index contributed by atoms with van der Waals surface area (Å²) in [6, 6.07) is 3.11. The molecule has 3 N–H and O–H groups in total. The van der Waals surface area contributed by atoms with Gasteiger partial charge < -0.3 is 20.5 Å². The molecule has 2 amide bonds. The van der Waals surface area contributed by atoms with Crippen LogP contribution in [0.2, 0.25) is 0 Å². The van der Waals surface area contributed by atoms with Crippen molar-refractivity contribution in [1.82, 2.24) is 5.32 Å². The molecule has 0 aliphatic heterocycles. The fourth-order valence-corrected chi connectivity index (χ4v) is 1.18. The Labute approximate surface area is 115 Å². The van der Waals surface area contributed by atoms with Gasteiger partial charge in [0.05, 0.1) is 6.54 Å². The van der Waals surface area contributed by atoms with Crippen LogP contribution in [0.5, 0.6) is 5.75 Å². The van der Waals surface area contributed by atoms with E-state index < -0.39 is 37.2 Å². The number of aliphatic hydroxyl groups excluding tert-OH is 1. The van der Waals surface area contributed by atoms with Crippen molar-refractivity contribution in [3.05, 3.63) is 24.3 Å². The number of alkyl halides is 5. The minimum absolute atomic E-state index is 0.0781. The summed E-state index contributed by atoms with van der Waals surface area (Å²) < 4.78 is 64.6. The van der Waals surface area contributed by atoms with Gasteiger partial charge in [-0.15, -0.1) is 13.2 Å². The van der Waals surface area contributed by atoms with Gasteiger partial charge in [-0.1, -0.05) is 0 Å². The van der Waals surface area contributed by atoms with Crippen LogP contribution in [-0.4, -0.2) is 36.6 Å². The average Bonchev–Trinajstić information content (AvgIpc) is 2.37. The highest BCUT2D eigenvalue weighted by Gasteiger charge is 2.31. The van der Waals surface area contributed by atoms with Crippen LogP contribution in [0.4, 0.5) is 32.4 Å². The molecule has 21 heavy (non-hydrogen) atoms. The fourth-order valence-electron chi connectivity index (χ4n) is 1.18. The van der Waals surface area contributed by atoms with E-state index in [4.69, 9.17) is 5.11 Å². The lowest BCUT2D eigenvalue weighted by atomic mass is 10.3. The molecule has 0 aliphatic carbocycles. The van der Waals surface area contributed by atoms with E-state index in [1.165, 1.54) is 0 Å². The molecule has 0 bridgehead atoms. The number of halogens is 5. The molecule has 0 spiro atoms. The number of hydrogen-bond acceptors (Lipinski definition) is 3. The molecule has 0 saturated heterocycles. The predicted octanol–water partition coefficient (Wildman–Crippen LogP) is 2.33. The van der Waals surface area contributed by atoms with Gasteiger partial charge in [0.25, 0.3) is 5.92 Å². The standard InChI is InChI=1S/C11H11F5N2O3/c12-10(13,6-19)5-17-9(20)18-7-1-3-8(4-2-7)21-11(14,15)16/h1-4,19H,5-6H2,(H2,17,18,20). The highest BCUT2D eigenvalue weighted by atomic mass is 19.4. The van der Waals surface area contributed by atoms with Gasteiger partial charge in [-0.25, -0.2) is 13.6 Å². The average molecular weight is 314 g/mol. The lowest BCUT2D eigenvalue weighted by molar-refractivity contribution is -0.274. The van der Waals surface area contributed by atoms with Crippen molar-refractivity contribution in [2.45, 2.75) is 12.3 Å². The van der Waals surface area contributed by atoms with Gasteiger partial charge in [-0.2, -0.15) is 0 Å². The van der Waals surface area contributed by atoms with Gasteiger partial charge >= 0.3 is 12.4 Å². The van der Waals surface area contributed by atoms with Crippen molar-refractivity contribution in [2.75, 3.05) is 18.5 Å². The molecule has 10 heteroatoms. The highest BCUT2D eigenvalue weighted by Crippen LogP contribution is 2.23. The van der Waals surface area contributed by atoms with E-state index in [1.54, 1.807) is 5.32 Å². The molecule has 1 aromatic rings. The number of rotatable bonds is 5. The monoisotopic (exact) mass is 314 g/mol. The van der Waals surface area contributed by atoms with Crippen molar-refractivity contribution in [1.29, 1.82) is 0 Å². The van der Waals surface area contributed by atoms with E-state index in [1.807, 2.05) is 0 Å². The number of hydrogen-bond donors (Lipinski definition) is 3. The Morgan fingerprint density at radius 3 is 2.19 bits per heavy atom. The van der Waals surface area contributed by atoms with Crippen molar-refractivity contribution in [3.63, 3.8) is 0 Å². The molecule has 0 atom stereocenters. The maximum absolute atomic E-state index is 12.6. The first-order valence-corrected chi connectivity index (χ1v) is 5.51. The second-order valence-corrected chi connectivity index (χ2v) is 3.89. The van der Waals surface area contributed by atoms with Crippen LogP contribution in [0.3, 0.4) is 0 Å². The summed E-state index contributed by atoms with van der Waals surface area (Å²) in [4.78, 5) is 11.2. The van der Waals surface area contributed by atoms with Crippen molar-refractivity contribution < 1.29 is 36.6 Å². The normalized spacial score (nSPS) is 11.9. The molecule has 0 heterocycles.